The van der Waals surface area contributed by atoms with Gasteiger partial charge in [0, 0.05) is 29.8 Å². The van der Waals surface area contributed by atoms with Crippen LogP contribution in [0.2, 0.25) is 0 Å². The molecule has 2 N–H and O–H groups in total. The van der Waals surface area contributed by atoms with E-state index in [9.17, 15) is 0 Å². The van der Waals surface area contributed by atoms with E-state index in [1.807, 2.05) is 11.8 Å². The van der Waals surface area contributed by atoms with Crippen molar-refractivity contribution in [2.45, 2.75) is 43.8 Å². The smallest absolute Gasteiger partial charge is 0.191 e. The highest BCUT2D eigenvalue weighted by Crippen LogP contribution is 2.22. The van der Waals surface area contributed by atoms with E-state index in [1.165, 1.54) is 37.4 Å². The zero-order valence-corrected chi connectivity index (χ0v) is 19.6. The van der Waals surface area contributed by atoms with E-state index in [1.54, 1.807) is 0 Å². The van der Waals surface area contributed by atoms with Crippen molar-refractivity contribution in [3.63, 3.8) is 0 Å². The van der Waals surface area contributed by atoms with E-state index >= 15 is 0 Å². The molecule has 148 valence electrons. The Hall–Kier alpha value is -0.470. The van der Waals surface area contributed by atoms with Crippen LogP contribution in [0.5, 0.6) is 0 Å². The minimum Gasteiger partial charge on any atom is -0.357 e. The fourth-order valence-corrected chi connectivity index (χ4v) is 4.10. The van der Waals surface area contributed by atoms with Crippen molar-refractivity contribution in [2.75, 3.05) is 39.3 Å². The molecule has 0 radical (unpaired) electrons. The van der Waals surface area contributed by atoms with Crippen LogP contribution in [0.1, 0.15) is 33.6 Å². The average Bonchev–Trinajstić information content (AvgIpc) is 3.06. The van der Waals surface area contributed by atoms with E-state index in [0.29, 0.717) is 5.25 Å². The molecule has 2 rings (SSSR count). The number of rotatable bonds is 9. The molecule has 0 aliphatic carbocycles. The number of halogens is 1. The highest BCUT2D eigenvalue weighted by molar-refractivity contribution is 14.0. The first-order valence-corrected chi connectivity index (χ1v) is 10.6. The summed E-state index contributed by atoms with van der Waals surface area (Å²) in [5.74, 6) is 1.70. The van der Waals surface area contributed by atoms with Crippen LogP contribution < -0.4 is 10.6 Å². The first kappa shape index (κ1) is 23.6. The van der Waals surface area contributed by atoms with Crippen LogP contribution in [0.25, 0.3) is 0 Å². The van der Waals surface area contributed by atoms with Gasteiger partial charge in [0.2, 0.25) is 0 Å². The Bertz CT molecular complexity index is 512. The van der Waals surface area contributed by atoms with Crippen molar-refractivity contribution in [2.24, 2.45) is 10.9 Å². The summed E-state index contributed by atoms with van der Waals surface area (Å²) in [5, 5.41) is 7.39. The van der Waals surface area contributed by atoms with E-state index in [-0.39, 0.29) is 24.0 Å². The molecule has 0 aromatic heterocycles. The second-order valence-electron chi connectivity index (χ2n) is 6.80. The van der Waals surface area contributed by atoms with Gasteiger partial charge in [-0.05, 0) is 50.9 Å². The molecule has 0 bridgehead atoms. The minimum atomic E-state index is 0. The fourth-order valence-electron chi connectivity index (χ4n) is 3.17. The van der Waals surface area contributed by atoms with Crippen LogP contribution in [0.3, 0.4) is 0 Å². The van der Waals surface area contributed by atoms with Crippen molar-refractivity contribution >= 4 is 41.7 Å². The summed E-state index contributed by atoms with van der Waals surface area (Å²) in [4.78, 5) is 8.67. The largest absolute Gasteiger partial charge is 0.357 e. The van der Waals surface area contributed by atoms with Crippen molar-refractivity contribution < 1.29 is 0 Å². The van der Waals surface area contributed by atoms with Crippen LogP contribution in [-0.4, -0.2) is 55.4 Å². The summed E-state index contributed by atoms with van der Waals surface area (Å²) in [6.07, 6.45) is 2.55. The maximum absolute atomic E-state index is 4.79. The topological polar surface area (TPSA) is 39.7 Å². The van der Waals surface area contributed by atoms with E-state index in [2.05, 4.69) is 66.6 Å². The number of aliphatic imine (C=N–C) groups is 1. The van der Waals surface area contributed by atoms with Gasteiger partial charge in [0.25, 0.3) is 0 Å². The highest BCUT2D eigenvalue weighted by atomic mass is 127. The van der Waals surface area contributed by atoms with Gasteiger partial charge < -0.3 is 15.5 Å². The lowest BCUT2D eigenvalue weighted by molar-refractivity contribution is 0.324. The maximum atomic E-state index is 4.79. The molecule has 1 heterocycles. The summed E-state index contributed by atoms with van der Waals surface area (Å²) in [5.41, 5.74) is 0. The van der Waals surface area contributed by atoms with Crippen LogP contribution in [0, 0.1) is 5.92 Å². The third-order valence-electron chi connectivity index (χ3n) is 4.40. The van der Waals surface area contributed by atoms with Crippen LogP contribution in [0.15, 0.2) is 40.2 Å². The lowest BCUT2D eigenvalue weighted by Gasteiger charge is -2.17. The fraction of sp³-hybridized carbons (Fsp3) is 0.650. The molecule has 2 unspecified atom stereocenters. The second kappa shape index (κ2) is 13.7. The Balaban J connectivity index is 0.00000338. The molecule has 4 nitrogen and oxygen atoms in total. The Kier molecular flexibility index (Phi) is 12.4. The molecule has 1 aromatic rings. The molecule has 1 fully saturated rings. The number of benzene rings is 1. The predicted octanol–water partition coefficient (Wildman–Crippen LogP) is 4.07. The second-order valence-corrected chi connectivity index (χ2v) is 8.31. The van der Waals surface area contributed by atoms with E-state index in [4.69, 9.17) is 4.99 Å². The van der Waals surface area contributed by atoms with Gasteiger partial charge >= 0.3 is 0 Å². The number of guanidine groups is 1. The Morgan fingerprint density at radius 3 is 2.73 bits per heavy atom. The zero-order chi connectivity index (χ0) is 17.9. The Labute approximate surface area is 181 Å². The molecule has 0 amide bonds. The number of thioether (sulfide) groups is 1. The first-order valence-electron chi connectivity index (χ1n) is 9.67. The molecule has 0 saturated carbocycles. The van der Waals surface area contributed by atoms with Gasteiger partial charge in [0.15, 0.2) is 5.96 Å². The SMILES string of the molecule is CCCN1CCC(CNC(=NCC(C)Sc2ccccc2)NCC)C1.I. The summed E-state index contributed by atoms with van der Waals surface area (Å²) in [7, 11) is 0. The standard InChI is InChI=1S/C20H34N4S.HI/c1-4-12-24-13-11-18(16-24)15-23-20(21-5-2)22-14-17(3)25-19-9-7-6-8-10-19;/h6-10,17-18H,4-5,11-16H2,1-3H3,(H2,21,22,23);1H. The normalized spacial score (nSPS) is 19.0. The highest BCUT2D eigenvalue weighted by Gasteiger charge is 2.21. The summed E-state index contributed by atoms with van der Waals surface area (Å²) >= 11 is 1.88. The van der Waals surface area contributed by atoms with Gasteiger partial charge in [-0.2, -0.15) is 0 Å². The van der Waals surface area contributed by atoms with Crippen molar-refractivity contribution in [3.05, 3.63) is 30.3 Å². The van der Waals surface area contributed by atoms with Gasteiger partial charge in [-0.3, -0.25) is 4.99 Å². The van der Waals surface area contributed by atoms with Crippen molar-refractivity contribution in [1.82, 2.24) is 15.5 Å². The third-order valence-corrected chi connectivity index (χ3v) is 5.49. The van der Waals surface area contributed by atoms with E-state index < -0.39 is 0 Å². The van der Waals surface area contributed by atoms with Crippen LogP contribution in [-0.2, 0) is 0 Å². The first-order chi connectivity index (χ1) is 12.2. The molecule has 26 heavy (non-hydrogen) atoms. The van der Waals surface area contributed by atoms with Gasteiger partial charge in [0.05, 0.1) is 6.54 Å². The molecular formula is C20H35IN4S. The zero-order valence-electron chi connectivity index (χ0n) is 16.4. The number of likely N-dealkylation sites (tertiary alicyclic amines) is 1. The number of nitrogens with one attached hydrogen (secondary N) is 2. The third kappa shape index (κ3) is 8.95. The summed E-state index contributed by atoms with van der Waals surface area (Å²) in [6.45, 7) is 13.1. The molecule has 1 saturated heterocycles. The van der Waals surface area contributed by atoms with Gasteiger partial charge in [0.1, 0.15) is 0 Å². The summed E-state index contributed by atoms with van der Waals surface area (Å²) in [6, 6.07) is 10.6. The number of hydrogen-bond donors (Lipinski definition) is 2. The van der Waals surface area contributed by atoms with Crippen LogP contribution in [0.4, 0.5) is 0 Å². The van der Waals surface area contributed by atoms with Gasteiger partial charge in [-0.15, -0.1) is 35.7 Å². The predicted molar refractivity (Wildman–Crippen MR) is 126 cm³/mol. The molecule has 1 aliphatic heterocycles. The van der Waals surface area contributed by atoms with Crippen molar-refractivity contribution in [1.29, 1.82) is 0 Å². The molecular weight excluding hydrogens is 455 g/mol. The van der Waals surface area contributed by atoms with Gasteiger partial charge in [-0.1, -0.05) is 32.0 Å². The van der Waals surface area contributed by atoms with Crippen LogP contribution >= 0.6 is 35.7 Å². The monoisotopic (exact) mass is 490 g/mol. The Morgan fingerprint density at radius 2 is 2.04 bits per heavy atom. The molecule has 2 atom stereocenters. The molecule has 1 aromatic carbocycles. The number of nitrogens with zero attached hydrogens (tertiary/aromatic N) is 2. The lowest BCUT2D eigenvalue weighted by atomic mass is 10.1. The minimum absolute atomic E-state index is 0. The molecule has 6 heteroatoms. The lowest BCUT2D eigenvalue weighted by Crippen LogP contribution is -2.40. The summed E-state index contributed by atoms with van der Waals surface area (Å²) < 4.78 is 0. The Morgan fingerprint density at radius 1 is 1.27 bits per heavy atom. The quantitative estimate of drug-likeness (QED) is 0.237. The average molecular weight is 490 g/mol. The maximum Gasteiger partial charge on any atom is 0.191 e. The molecule has 0 spiro atoms. The number of hydrogen-bond acceptors (Lipinski definition) is 3. The van der Waals surface area contributed by atoms with E-state index in [0.717, 1.165) is 31.5 Å². The van der Waals surface area contributed by atoms with Crippen molar-refractivity contribution in [3.8, 4) is 0 Å². The van der Waals surface area contributed by atoms with Gasteiger partial charge in [-0.25, -0.2) is 0 Å². The molecule has 1 aliphatic rings.